The van der Waals surface area contributed by atoms with Crippen LogP contribution in [0.15, 0.2) is 53.4 Å². The zero-order valence-electron chi connectivity index (χ0n) is 14.4. The minimum atomic E-state index is -3.69. The van der Waals surface area contributed by atoms with Crippen molar-refractivity contribution >= 4 is 33.0 Å². The molecule has 138 valence electrons. The minimum absolute atomic E-state index is 0.0219. The monoisotopic (exact) mass is 393 g/mol. The van der Waals surface area contributed by atoms with E-state index in [4.69, 9.17) is 12.2 Å². The molecule has 0 saturated carbocycles. The fourth-order valence-corrected chi connectivity index (χ4v) is 4.50. The molecule has 8 heteroatoms. The van der Waals surface area contributed by atoms with Gasteiger partial charge in [0.2, 0.25) is 10.0 Å². The number of rotatable bonds is 3. The predicted molar refractivity (Wildman–Crippen MR) is 104 cm³/mol. The molecule has 26 heavy (non-hydrogen) atoms. The van der Waals surface area contributed by atoms with Gasteiger partial charge in [-0.2, -0.15) is 4.31 Å². The number of hydrogen-bond donors (Lipinski definition) is 1. The maximum Gasteiger partial charge on any atom is 0.243 e. The van der Waals surface area contributed by atoms with Gasteiger partial charge in [0, 0.05) is 31.9 Å². The topological polar surface area (TPSA) is 52.6 Å². The van der Waals surface area contributed by atoms with E-state index in [2.05, 4.69) is 5.32 Å². The van der Waals surface area contributed by atoms with E-state index in [-0.39, 0.29) is 4.90 Å². The van der Waals surface area contributed by atoms with Gasteiger partial charge in [0.05, 0.1) is 4.90 Å². The van der Waals surface area contributed by atoms with Crippen molar-refractivity contribution in [1.82, 2.24) is 9.21 Å². The van der Waals surface area contributed by atoms with Gasteiger partial charge in [0.25, 0.3) is 0 Å². The summed E-state index contributed by atoms with van der Waals surface area (Å²) in [6, 6.07) is 13.0. The van der Waals surface area contributed by atoms with Crippen molar-refractivity contribution in [3.63, 3.8) is 0 Å². The molecule has 0 aliphatic carbocycles. The number of halogens is 1. The van der Waals surface area contributed by atoms with E-state index >= 15 is 0 Å². The van der Waals surface area contributed by atoms with Gasteiger partial charge in [0.15, 0.2) is 5.11 Å². The highest BCUT2D eigenvalue weighted by atomic mass is 32.2. The molecule has 3 rings (SSSR count). The summed E-state index contributed by atoms with van der Waals surface area (Å²) in [5.74, 6) is -0.562. The summed E-state index contributed by atoms with van der Waals surface area (Å²) in [6.07, 6.45) is 0. The van der Waals surface area contributed by atoms with Crippen LogP contribution in [0.25, 0.3) is 0 Å². The van der Waals surface area contributed by atoms with Gasteiger partial charge in [-0.3, -0.25) is 0 Å². The van der Waals surface area contributed by atoms with E-state index in [1.54, 1.807) is 0 Å². The lowest BCUT2D eigenvalue weighted by Gasteiger charge is -2.35. The van der Waals surface area contributed by atoms with Gasteiger partial charge in [0.1, 0.15) is 5.82 Å². The average Bonchev–Trinajstić information content (AvgIpc) is 2.64. The lowest BCUT2D eigenvalue weighted by molar-refractivity contribution is 0.268. The molecule has 0 atom stereocenters. The first kappa shape index (κ1) is 18.8. The molecule has 0 amide bonds. The number of nitrogens with one attached hydrogen (secondary N) is 1. The first-order valence-corrected chi connectivity index (χ1v) is 10.1. The Morgan fingerprint density at radius 2 is 1.73 bits per heavy atom. The normalized spacial score (nSPS) is 15.7. The SMILES string of the molecule is Cc1ccc(NC(=S)N2CCN(S(=O)(=O)c3cccc(F)c3)CC2)cc1. The van der Waals surface area contributed by atoms with Crippen LogP contribution >= 0.6 is 12.2 Å². The molecule has 0 unspecified atom stereocenters. The maximum absolute atomic E-state index is 13.3. The van der Waals surface area contributed by atoms with E-state index in [1.807, 2.05) is 36.1 Å². The molecular weight excluding hydrogens is 373 g/mol. The Morgan fingerprint density at radius 1 is 1.08 bits per heavy atom. The third-order valence-corrected chi connectivity index (χ3v) is 6.52. The van der Waals surface area contributed by atoms with Crippen molar-refractivity contribution in [3.8, 4) is 0 Å². The Hall–Kier alpha value is -2.03. The Bertz CT molecular complexity index is 893. The van der Waals surface area contributed by atoms with Crippen LogP contribution < -0.4 is 5.32 Å². The maximum atomic E-state index is 13.3. The Kier molecular flexibility index (Phi) is 5.55. The van der Waals surface area contributed by atoms with E-state index in [9.17, 15) is 12.8 Å². The molecule has 1 saturated heterocycles. The van der Waals surface area contributed by atoms with Crippen LogP contribution in [0.1, 0.15) is 5.56 Å². The highest BCUT2D eigenvalue weighted by Crippen LogP contribution is 2.19. The van der Waals surface area contributed by atoms with Crippen molar-refractivity contribution in [1.29, 1.82) is 0 Å². The molecule has 2 aromatic carbocycles. The summed E-state index contributed by atoms with van der Waals surface area (Å²) >= 11 is 5.43. The lowest BCUT2D eigenvalue weighted by Crippen LogP contribution is -2.51. The molecule has 5 nitrogen and oxygen atoms in total. The number of piperazine rings is 1. The van der Waals surface area contributed by atoms with E-state index in [0.29, 0.717) is 31.3 Å². The van der Waals surface area contributed by atoms with Crippen LogP contribution in [0.4, 0.5) is 10.1 Å². The molecule has 1 N–H and O–H groups in total. The quantitative estimate of drug-likeness (QED) is 0.813. The number of anilines is 1. The fraction of sp³-hybridized carbons (Fsp3) is 0.278. The summed E-state index contributed by atoms with van der Waals surface area (Å²) in [4.78, 5) is 1.92. The standard InChI is InChI=1S/C18H20FN3O2S2/c1-14-5-7-16(8-6-14)20-18(25)21-9-11-22(12-10-21)26(23,24)17-4-2-3-15(19)13-17/h2-8,13H,9-12H2,1H3,(H,20,25). The van der Waals surface area contributed by atoms with Crippen molar-refractivity contribution in [3.05, 3.63) is 59.9 Å². The smallest absolute Gasteiger partial charge is 0.243 e. The minimum Gasteiger partial charge on any atom is -0.346 e. The number of nitrogens with zero attached hydrogens (tertiary/aromatic N) is 2. The first-order valence-electron chi connectivity index (χ1n) is 8.24. The van der Waals surface area contributed by atoms with Crippen LogP contribution in [0.5, 0.6) is 0 Å². The molecule has 0 bridgehead atoms. The first-order chi connectivity index (χ1) is 12.4. The molecule has 1 aliphatic rings. The summed E-state index contributed by atoms with van der Waals surface area (Å²) in [7, 11) is -3.69. The summed E-state index contributed by atoms with van der Waals surface area (Å²) in [6.45, 7) is 3.57. The van der Waals surface area contributed by atoms with Crippen LogP contribution in [0.2, 0.25) is 0 Å². The van der Waals surface area contributed by atoms with Gasteiger partial charge in [-0.15, -0.1) is 0 Å². The Balaban J connectivity index is 1.61. The molecular formula is C18H20FN3O2S2. The fourth-order valence-electron chi connectivity index (χ4n) is 2.75. The van der Waals surface area contributed by atoms with E-state index in [1.165, 1.54) is 22.5 Å². The molecule has 2 aromatic rings. The zero-order valence-corrected chi connectivity index (χ0v) is 16.0. The van der Waals surface area contributed by atoms with E-state index in [0.717, 1.165) is 17.3 Å². The average molecular weight is 394 g/mol. The van der Waals surface area contributed by atoms with Crippen molar-refractivity contribution in [2.45, 2.75) is 11.8 Å². The number of benzene rings is 2. The molecule has 0 aromatic heterocycles. The van der Waals surface area contributed by atoms with Gasteiger partial charge in [-0.1, -0.05) is 23.8 Å². The molecule has 0 radical (unpaired) electrons. The second-order valence-electron chi connectivity index (χ2n) is 6.14. The van der Waals surface area contributed by atoms with Gasteiger partial charge in [-0.05, 0) is 49.5 Å². The highest BCUT2D eigenvalue weighted by molar-refractivity contribution is 7.89. The third kappa shape index (κ3) is 4.20. The van der Waals surface area contributed by atoms with Crippen LogP contribution in [0.3, 0.4) is 0 Å². The second-order valence-corrected chi connectivity index (χ2v) is 8.47. The number of hydrogen-bond acceptors (Lipinski definition) is 3. The molecule has 1 aliphatic heterocycles. The number of sulfonamides is 1. The van der Waals surface area contributed by atoms with E-state index < -0.39 is 15.8 Å². The van der Waals surface area contributed by atoms with Crippen LogP contribution in [0, 0.1) is 12.7 Å². The second kappa shape index (κ2) is 7.69. The molecule has 1 fully saturated rings. The van der Waals surface area contributed by atoms with Gasteiger partial charge >= 0.3 is 0 Å². The largest absolute Gasteiger partial charge is 0.346 e. The predicted octanol–water partition coefficient (Wildman–Crippen LogP) is 2.84. The Labute approximate surface area is 158 Å². The Morgan fingerprint density at radius 3 is 2.35 bits per heavy atom. The van der Waals surface area contributed by atoms with Gasteiger partial charge in [-0.25, -0.2) is 12.8 Å². The van der Waals surface area contributed by atoms with Crippen molar-refractivity contribution < 1.29 is 12.8 Å². The molecule has 1 heterocycles. The van der Waals surface area contributed by atoms with Gasteiger partial charge < -0.3 is 10.2 Å². The summed E-state index contributed by atoms with van der Waals surface area (Å²) in [5.41, 5.74) is 2.06. The summed E-state index contributed by atoms with van der Waals surface area (Å²) in [5, 5.41) is 3.74. The van der Waals surface area contributed by atoms with Crippen molar-refractivity contribution in [2.24, 2.45) is 0 Å². The zero-order chi connectivity index (χ0) is 18.7. The van der Waals surface area contributed by atoms with Crippen molar-refractivity contribution in [2.75, 3.05) is 31.5 Å². The molecule has 0 spiro atoms. The lowest BCUT2D eigenvalue weighted by atomic mass is 10.2. The van der Waals surface area contributed by atoms with Crippen LogP contribution in [-0.4, -0.2) is 48.9 Å². The summed E-state index contributed by atoms with van der Waals surface area (Å²) < 4.78 is 40.0. The third-order valence-electron chi connectivity index (χ3n) is 4.26. The van der Waals surface area contributed by atoms with Crippen LogP contribution in [-0.2, 0) is 10.0 Å². The number of thiocarbonyl (C=S) groups is 1. The number of aryl methyl sites for hydroxylation is 1. The highest BCUT2D eigenvalue weighted by Gasteiger charge is 2.29.